The number of benzene rings is 2. The second-order valence-corrected chi connectivity index (χ2v) is 7.48. The van der Waals surface area contributed by atoms with Gasteiger partial charge in [0, 0.05) is 6.54 Å². The van der Waals surface area contributed by atoms with E-state index in [-0.39, 0.29) is 18.6 Å². The number of amides is 2. The second-order valence-electron chi connectivity index (χ2n) is 7.48. The number of hydrogen-bond donors (Lipinski definition) is 2. The van der Waals surface area contributed by atoms with Gasteiger partial charge in [0.15, 0.2) is 11.5 Å². The molecule has 0 aliphatic carbocycles. The summed E-state index contributed by atoms with van der Waals surface area (Å²) in [5, 5.41) is 5.46. The number of ether oxygens (including phenoxy) is 4. The third-order valence-electron chi connectivity index (χ3n) is 4.64. The summed E-state index contributed by atoms with van der Waals surface area (Å²) in [6, 6.07) is 14.0. The van der Waals surface area contributed by atoms with Crippen LogP contribution in [-0.4, -0.2) is 44.5 Å². The van der Waals surface area contributed by atoms with Gasteiger partial charge in [-0.15, -0.1) is 0 Å². The lowest BCUT2D eigenvalue weighted by Gasteiger charge is -2.25. The molecule has 2 N–H and O–H groups in total. The van der Waals surface area contributed by atoms with Gasteiger partial charge in [-0.1, -0.05) is 36.4 Å². The molecule has 2 aromatic carbocycles. The molecule has 174 valence electrons. The van der Waals surface area contributed by atoms with Crippen molar-refractivity contribution in [3.8, 4) is 11.5 Å². The Kier molecular flexibility index (Phi) is 9.81. The van der Waals surface area contributed by atoms with Crippen molar-refractivity contribution in [1.29, 1.82) is 0 Å². The number of methoxy groups -OCH3 is 2. The maximum Gasteiger partial charge on any atom is 0.408 e. The monoisotopic (exact) mass is 444 g/mol. The zero-order valence-corrected chi connectivity index (χ0v) is 19.2. The fourth-order valence-electron chi connectivity index (χ4n) is 2.96. The SMILES string of the molecule is COc1ccc(CNC(=O)[C@@H](NC(=O)OC(C)C)[C@@H](C)OCc2ccccc2)cc1OC. The van der Waals surface area contributed by atoms with E-state index in [2.05, 4.69) is 10.6 Å². The second kappa shape index (κ2) is 12.6. The highest BCUT2D eigenvalue weighted by atomic mass is 16.6. The Balaban J connectivity index is 2.05. The Morgan fingerprint density at radius 3 is 2.22 bits per heavy atom. The molecule has 2 amide bonds. The van der Waals surface area contributed by atoms with Gasteiger partial charge in [-0.2, -0.15) is 0 Å². The van der Waals surface area contributed by atoms with Crippen LogP contribution in [0.2, 0.25) is 0 Å². The largest absolute Gasteiger partial charge is 0.493 e. The van der Waals surface area contributed by atoms with E-state index in [9.17, 15) is 9.59 Å². The quantitative estimate of drug-likeness (QED) is 0.551. The van der Waals surface area contributed by atoms with Crippen LogP contribution in [0.1, 0.15) is 31.9 Å². The van der Waals surface area contributed by atoms with Gasteiger partial charge in [0.05, 0.1) is 33.0 Å². The number of rotatable bonds is 11. The molecule has 2 rings (SSSR count). The first kappa shape index (κ1) is 25.0. The molecule has 0 saturated carbocycles. The number of hydrogen-bond acceptors (Lipinski definition) is 6. The Labute approximate surface area is 189 Å². The van der Waals surface area contributed by atoms with Crippen molar-refractivity contribution in [2.24, 2.45) is 0 Å². The Morgan fingerprint density at radius 1 is 0.906 bits per heavy atom. The van der Waals surface area contributed by atoms with Crippen molar-refractivity contribution < 1.29 is 28.5 Å². The van der Waals surface area contributed by atoms with Crippen LogP contribution in [-0.2, 0) is 27.4 Å². The van der Waals surface area contributed by atoms with Crippen molar-refractivity contribution in [3.63, 3.8) is 0 Å². The molecule has 0 aromatic heterocycles. The van der Waals surface area contributed by atoms with E-state index in [1.54, 1.807) is 47.1 Å². The Hall–Kier alpha value is -3.26. The van der Waals surface area contributed by atoms with E-state index in [0.29, 0.717) is 18.1 Å². The molecule has 0 spiro atoms. The highest BCUT2D eigenvalue weighted by molar-refractivity contribution is 5.86. The smallest absolute Gasteiger partial charge is 0.408 e. The summed E-state index contributed by atoms with van der Waals surface area (Å²) >= 11 is 0. The molecule has 0 fully saturated rings. The molecule has 0 radical (unpaired) electrons. The van der Waals surface area contributed by atoms with Gasteiger partial charge in [0.2, 0.25) is 5.91 Å². The lowest BCUT2D eigenvalue weighted by Crippen LogP contribution is -2.53. The number of carbonyl (C=O) groups excluding carboxylic acids is 2. The topological polar surface area (TPSA) is 95.1 Å². The Bertz CT molecular complexity index is 872. The van der Waals surface area contributed by atoms with E-state index in [1.165, 1.54) is 0 Å². The third kappa shape index (κ3) is 7.77. The van der Waals surface area contributed by atoms with Crippen molar-refractivity contribution in [2.75, 3.05) is 14.2 Å². The summed E-state index contributed by atoms with van der Waals surface area (Å²) in [5.74, 6) is 0.775. The number of nitrogens with one attached hydrogen (secondary N) is 2. The average Bonchev–Trinajstić information content (AvgIpc) is 2.79. The van der Waals surface area contributed by atoms with Gasteiger partial charge >= 0.3 is 6.09 Å². The van der Waals surface area contributed by atoms with Gasteiger partial charge in [-0.25, -0.2) is 4.79 Å². The number of alkyl carbamates (subject to hydrolysis) is 1. The lowest BCUT2D eigenvalue weighted by atomic mass is 10.1. The van der Waals surface area contributed by atoms with Crippen LogP contribution >= 0.6 is 0 Å². The predicted octanol–water partition coefficient (Wildman–Crippen LogP) is 3.43. The molecule has 0 bridgehead atoms. The molecule has 0 aliphatic rings. The molecule has 8 heteroatoms. The molecule has 0 unspecified atom stereocenters. The third-order valence-corrected chi connectivity index (χ3v) is 4.64. The van der Waals surface area contributed by atoms with Crippen LogP contribution in [0.4, 0.5) is 4.79 Å². The molecule has 32 heavy (non-hydrogen) atoms. The van der Waals surface area contributed by atoms with Gasteiger partial charge in [0.1, 0.15) is 6.04 Å². The molecule has 0 heterocycles. The zero-order valence-electron chi connectivity index (χ0n) is 19.2. The molecule has 2 atom stereocenters. The molecule has 0 saturated heterocycles. The molecular formula is C24H32N2O6. The highest BCUT2D eigenvalue weighted by Gasteiger charge is 2.28. The van der Waals surface area contributed by atoms with E-state index in [4.69, 9.17) is 18.9 Å². The van der Waals surface area contributed by atoms with Crippen LogP contribution < -0.4 is 20.1 Å². The number of carbonyl (C=O) groups is 2. The fraction of sp³-hybridized carbons (Fsp3) is 0.417. The lowest BCUT2D eigenvalue weighted by molar-refractivity contribution is -0.127. The maximum atomic E-state index is 13.0. The minimum Gasteiger partial charge on any atom is -0.493 e. The van der Waals surface area contributed by atoms with Crippen molar-refractivity contribution in [1.82, 2.24) is 10.6 Å². The maximum absolute atomic E-state index is 13.0. The first-order chi connectivity index (χ1) is 15.3. The fourth-order valence-corrected chi connectivity index (χ4v) is 2.96. The molecular weight excluding hydrogens is 412 g/mol. The van der Waals surface area contributed by atoms with Crippen LogP contribution in [0, 0.1) is 0 Å². The summed E-state index contributed by atoms with van der Waals surface area (Å²) in [7, 11) is 3.11. The molecule has 8 nitrogen and oxygen atoms in total. The first-order valence-electron chi connectivity index (χ1n) is 10.4. The first-order valence-corrected chi connectivity index (χ1v) is 10.4. The zero-order chi connectivity index (χ0) is 23.5. The van der Waals surface area contributed by atoms with Crippen LogP contribution in [0.3, 0.4) is 0 Å². The van der Waals surface area contributed by atoms with Crippen molar-refractivity contribution >= 4 is 12.0 Å². The molecule has 0 aliphatic heterocycles. The van der Waals surface area contributed by atoms with Gasteiger partial charge < -0.3 is 29.6 Å². The van der Waals surface area contributed by atoms with Gasteiger partial charge in [0.25, 0.3) is 0 Å². The summed E-state index contributed by atoms with van der Waals surface area (Å²) in [6.45, 7) is 5.76. The van der Waals surface area contributed by atoms with Crippen molar-refractivity contribution in [3.05, 3.63) is 59.7 Å². The Morgan fingerprint density at radius 2 is 1.59 bits per heavy atom. The highest BCUT2D eigenvalue weighted by Crippen LogP contribution is 2.27. The van der Waals surface area contributed by atoms with E-state index < -0.39 is 18.2 Å². The summed E-state index contributed by atoms with van der Waals surface area (Å²) in [6.07, 6.45) is -1.59. The average molecular weight is 445 g/mol. The summed E-state index contributed by atoms with van der Waals surface area (Å²) in [4.78, 5) is 25.1. The van der Waals surface area contributed by atoms with Gasteiger partial charge in [-0.3, -0.25) is 4.79 Å². The minimum absolute atomic E-state index is 0.238. The summed E-state index contributed by atoms with van der Waals surface area (Å²) in [5.41, 5.74) is 1.78. The predicted molar refractivity (Wildman–Crippen MR) is 121 cm³/mol. The van der Waals surface area contributed by atoms with E-state index >= 15 is 0 Å². The van der Waals surface area contributed by atoms with Gasteiger partial charge in [-0.05, 0) is 44.0 Å². The van der Waals surface area contributed by atoms with Crippen molar-refractivity contribution in [2.45, 2.75) is 52.2 Å². The van der Waals surface area contributed by atoms with Crippen LogP contribution in [0.15, 0.2) is 48.5 Å². The van der Waals surface area contributed by atoms with Crippen LogP contribution in [0.5, 0.6) is 11.5 Å². The normalized spacial score (nSPS) is 12.6. The van der Waals surface area contributed by atoms with E-state index in [1.807, 2.05) is 36.4 Å². The molecule has 2 aromatic rings. The van der Waals surface area contributed by atoms with Crippen LogP contribution in [0.25, 0.3) is 0 Å². The summed E-state index contributed by atoms with van der Waals surface area (Å²) < 4.78 is 21.6. The van der Waals surface area contributed by atoms with E-state index in [0.717, 1.165) is 11.1 Å². The minimum atomic E-state index is -0.940. The standard InChI is InChI=1S/C24H32N2O6/c1-16(2)32-24(28)26-22(17(3)31-15-18-9-7-6-8-10-18)23(27)25-14-19-11-12-20(29-4)21(13-19)30-5/h6-13,16-17,22H,14-15H2,1-5H3,(H,25,27)(H,26,28)/t17-,22+/m1/s1.